The fraction of sp³-hybridized carbons (Fsp3) is 0.600. The predicted octanol–water partition coefficient (Wildman–Crippen LogP) is 1.82. The highest BCUT2D eigenvalue weighted by molar-refractivity contribution is 7.89. The van der Waals surface area contributed by atoms with Crippen LogP contribution in [0.15, 0.2) is 30.3 Å². The highest BCUT2D eigenvalue weighted by Gasteiger charge is 2.40. The van der Waals surface area contributed by atoms with Crippen LogP contribution >= 0.6 is 12.4 Å². The standard InChI is InChI=1S/C15H22N2O2S.ClH/c16-8-14-9-17(20(18,19)11-12-6-7-12)10-15(14)13-4-2-1-3-5-13;/h1-5,12,14-15H,6-11,16H2;1H/t14-,15+;/m1./s1. The van der Waals surface area contributed by atoms with Crippen molar-refractivity contribution in [1.82, 2.24) is 4.31 Å². The van der Waals surface area contributed by atoms with Gasteiger partial charge in [-0.15, -0.1) is 12.4 Å². The second-order valence-corrected chi connectivity index (χ2v) is 8.07. The lowest BCUT2D eigenvalue weighted by Gasteiger charge is -2.16. The smallest absolute Gasteiger partial charge is 0.214 e. The molecule has 1 saturated carbocycles. The Morgan fingerprint density at radius 1 is 1.14 bits per heavy atom. The van der Waals surface area contributed by atoms with Crippen LogP contribution < -0.4 is 5.73 Å². The summed E-state index contributed by atoms with van der Waals surface area (Å²) >= 11 is 0. The van der Waals surface area contributed by atoms with Crippen molar-refractivity contribution in [2.45, 2.75) is 18.8 Å². The summed E-state index contributed by atoms with van der Waals surface area (Å²) < 4.78 is 26.5. The fourth-order valence-corrected chi connectivity index (χ4v) is 5.01. The van der Waals surface area contributed by atoms with E-state index in [4.69, 9.17) is 5.73 Å². The van der Waals surface area contributed by atoms with Crippen LogP contribution in [-0.2, 0) is 10.0 Å². The lowest BCUT2D eigenvalue weighted by atomic mass is 9.89. The molecule has 0 unspecified atom stereocenters. The number of nitrogens with two attached hydrogens (primary N) is 1. The molecule has 1 aromatic rings. The summed E-state index contributed by atoms with van der Waals surface area (Å²) in [6.07, 6.45) is 2.13. The van der Waals surface area contributed by atoms with Crippen molar-refractivity contribution in [3.63, 3.8) is 0 Å². The molecule has 6 heteroatoms. The van der Waals surface area contributed by atoms with Gasteiger partial charge in [0.25, 0.3) is 0 Å². The molecule has 3 rings (SSSR count). The minimum Gasteiger partial charge on any atom is -0.330 e. The van der Waals surface area contributed by atoms with E-state index in [1.807, 2.05) is 18.2 Å². The zero-order valence-electron chi connectivity index (χ0n) is 12.0. The summed E-state index contributed by atoms with van der Waals surface area (Å²) in [5.74, 6) is 1.18. The highest BCUT2D eigenvalue weighted by atomic mass is 35.5. The first kappa shape index (κ1) is 16.7. The summed E-state index contributed by atoms with van der Waals surface area (Å²) in [5.41, 5.74) is 7.06. The van der Waals surface area contributed by atoms with Crippen LogP contribution in [0.2, 0.25) is 0 Å². The Labute approximate surface area is 133 Å². The molecule has 2 aliphatic rings. The van der Waals surface area contributed by atoms with Gasteiger partial charge in [-0.05, 0) is 36.8 Å². The number of hydrogen-bond donors (Lipinski definition) is 1. The molecule has 0 bridgehead atoms. The van der Waals surface area contributed by atoms with Gasteiger partial charge in [0.2, 0.25) is 10.0 Å². The Kier molecular flexibility index (Phi) is 5.30. The van der Waals surface area contributed by atoms with Gasteiger partial charge in [0.15, 0.2) is 0 Å². The Hall–Kier alpha value is -0.620. The third-order valence-corrected chi connectivity index (χ3v) is 6.45. The van der Waals surface area contributed by atoms with E-state index in [0.29, 0.717) is 31.3 Å². The van der Waals surface area contributed by atoms with Gasteiger partial charge < -0.3 is 5.73 Å². The van der Waals surface area contributed by atoms with E-state index in [2.05, 4.69) is 12.1 Å². The summed E-state index contributed by atoms with van der Waals surface area (Å²) in [6.45, 7) is 1.70. The Morgan fingerprint density at radius 2 is 1.81 bits per heavy atom. The normalized spacial score (nSPS) is 26.5. The van der Waals surface area contributed by atoms with Crippen molar-refractivity contribution in [3.05, 3.63) is 35.9 Å². The third kappa shape index (κ3) is 3.77. The monoisotopic (exact) mass is 330 g/mol. The Balaban J connectivity index is 0.00000161. The van der Waals surface area contributed by atoms with Crippen LogP contribution in [0.1, 0.15) is 24.3 Å². The molecule has 0 spiro atoms. The van der Waals surface area contributed by atoms with Crippen LogP contribution in [0.5, 0.6) is 0 Å². The maximum absolute atomic E-state index is 12.4. The van der Waals surface area contributed by atoms with Gasteiger partial charge in [-0.3, -0.25) is 0 Å². The Morgan fingerprint density at radius 3 is 2.38 bits per heavy atom. The van der Waals surface area contributed by atoms with Crippen molar-refractivity contribution in [3.8, 4) is 0 Å². The molecule has 1 heterocycles. The quantitative estimate of drug-likeness (QED) is 0.895. The van der Waals surface area contributed by atoms with Crippen molar-refractivity contribution in [2.75, 3.05) is 25.4 Å². The molecule has 0 amide bonds. The minimum atomic E-state index is -3.10. The lowest BCUT2D eigenvalue weighted by Crippen LogP contribution is -2.32. The SMILES string of the molecule is Cl.NC[C@@H]1CN(S(=O)(=O)CC2CC2)C[C@H]1c1ccccc1. The average Bonchev–Trinajstić information content (AvgIpc) is 3.13. The average molecular weight is 331 g/mol. The maximum Gasteiger partial charge on any atom is 0.214 e. The van der Waals surface area contributed by atoms with E-state index < -0.39 is 10.0 Å². The maximum atomic E-state index is 12.4. The van der Waals surface area contributed by atoms with E-state index in [-0.39, 0.29) is 24.2 Å². The molecule has 1 saturated heterocycles. The molecule has 4 nitrogen and oxygen atoms in total. The molecule has 2 fully saturated rings. The molecule has 1 aromatic carbocycles. The molecular formula is C15H23ClN2O2S. The van der Waals surface area contributed by atoms with Gasteiger partial charge in [-0.1, -0.05) is 30.3 Å². The van der Waals surface area contributed by atoms with E-state index in [0.717, 1.165) is 12.8 Å². The first-order valence-corrected chi connectivity index (χ1v) is 8.94. The highest BCUT2D eigenvalue weighted by Crippen LogP contribution is 2.36. The van der Waals surface area contributed by atoms with E-state index in [9.17, 15) is 8.42 Å². The Bertz CT molecular complexity index is 560. The number of nitrogens with zero attached hydrogens (tertiary/aromatic N) is 1. The molecule has 2 N–H and O–H groups in total. The zero-order valence-corrected chi connectivity index (χ0v) is 13.7. The van der Waals surface area contributed by atoms with Crippen molar-refractivity contribution < 1.29 is 8.42 Å². The number of benzene rings is 1. The van der Waals surface area contributed by atoms with Gasteiger partial charge in [-0.25, -0.2) is 12.7 Å². The fourth-order valence-electron chi connectivity index (χ4n) is 3.06. The van der Waals surface area contributed by atoms with E-state index in [1.54, 1.807) is 4.31 Å². The van der Waals surface area contributed by atoms with Crippen LogP contribution in [-0.4, -0.2) is 38.1 Å². The topological polar surface area (TPSA) is 63.4 Å². The van der Waals surface area contributed by atoms with Gasteiger partial charge in [-0.2, -0.15) is 0 Å². The lowest BCUT2D eigenvalue weighted by molar-refractivity contribution is 0.457. The molecule has 0 radical (unpaired) electrons. The van der Waals surface area contributed by atoms with Crippen LogP contribution in [0.3, 0.4) is 0 Å². The second-order valence-electron chi connectivity index (χ2n) is 6.05. The van der Waals surface area contributed by atoms with Crippen LogP contribution in [0.25, 0.3) is 0 Å². The summed E-state index contributed by atoms with van der Waals surface area (Å²) in [5, 5.41) is 0. The van der Waals surface area contributed by atoms with E-state index in [1.165, 1.54) is 5.56 Å². The molecule has 0 aromatic heterocycles. The molecule has 118 valence electrons. The number of halogens is 1. The van der Waals surface area contributed by atoms with Crippen molar-refractivity contribution in [1.29, 1.82) is 0 Å². The van der Waals surface area contributed by atoms with Gasteiger partial charge >= 0.3 is 0 Å². The van der Waals surface area contributed by atoms with Gasteiger partial charge in [0, 0.05) is 19.0 Å². The summed E-state index contributed by atoms with van der Waals surface area (Å²) in [7, 11) is -3.10. The van der Waals surface area contributed by atoms with E-state index >= 15 is 0 Å². The summed E-state index contributed by atoms with van der Waals surface area (Å²) in [6, 6.07) is 10.1. The van der Waals surface area contributed by atoms with Gasteiger partial charge in [0.1, 0.15) is 0 Å². The molecule has 21 heavy (non-hydrogen) atoms. The first-order chi connectivity index (χ1) is 9.60. The summed E-state index contributed by atoms with van der Waals surface area (Å²) in [4.78, 5) is 0. The van der Waals surface area contributed by atoms with Crippen molar-refractivity contribution >= 4 is 22.4 Å². The molecular weight excluding hydrogens is 308 g/mol. The minimum absolute atomic E-state index is 0. The molecule has 1 aliphatic carbocycles. The predicted molar refractivity (Wildman–Crippen MR) is 87.1 cm³/mol. The second kappa shape index (κ2) is 6.65. The number of hydrogen-bond acceptors (Lipinski definition) is 3. The van der Waals surface area contributed by atoms with Crippen LogP contribution in [0.4, 0.5) is 0 Å². The molecule has 1 aliphatic heterocycles. The van der Waals surface area contributed by atoms with Crippen molar-refractivity contribution in [2.24, 2.45) is 17.6 Å². The zero-order chi connectivity index (χ0) is 14.2. The molecule has 2 atom stereocenters. The first-order valence-electron chi connectivity index (χ1n) is 7.33. The number of sulfonamides is 1. The largest absolute Gasteiger partial charge is 0.330 e. The van der Waals surface area contributed by atoms with Crippen LogP contribution in [0, 0.1) is 11.8 Å². The third-order valence-electron chi connectivity index (χ3n) is 4.47. The number of rotatable bonds is 5. The van der Waals surface area contributed by atoms with Gasteiger partial charge in [0.05, 0.1) is 5.75 Å².